The minimum atomic E-state index is -0.495. The van der Waals surface area contributed by atoms with E-state index in [1.165, 1.54) is 11.8 Å². The molecule has 0 saturated heterocycles. The van der Waals surface area contributed by atoms with Gasteiger partial charge < -0.3 is 15.2 Å². The van der Waals surface area contributed by atoms with Gasteiger partial charge in [0.05, 0.1) is 0 Å². The van der Waals surface area contributed by atoms with Crippen molar-refractivity contribution < 1.29 is 9.84 Å². The van der Waals surface area contributed by atoms with Gasteiger partial charge in [0.15, 0.2) is 11.9 Å². The van der Waals surface area contributed by atoms with Crippen molar-refractivity contribution in [2.45, 2.75) is 18.3 Å². The molecule has 4 rings (SSSR count). The van der Waals surface area contributed by atoms with Crippen LogP contribution in [0.15, 0.2) is 53.7 Å². The lowest BCUT2D eigenvalue weighted by molar-refractivity contribution is 0.225. The van der Waals surface area contributed by atoms with Gasteiger partial charge in [-0.05, 0) is 24.0 Å². The summed E-state index contributed by atoms with van der Waals surface area (Å²) in [5.41, 5.74) is 3.16. The fourth-order valence-electron chi connectivity index (χ4n) is 2.68. The van der Waals surface area contributed by atoms with Crippen LogP contribution in [0.4, 0.5) is 5.69 Å². The molecule has 2 heterocycles. The van der Waals surface area contributed by atoms with Crippen LogP contribution in [0.3, 0.4) is 0 Å². The van der Waals surface area contributed by atoms with Gasteiger partial charge >= 0.3 is 0 Å². The molecule has 2 aromatic carbocycles. The molecule has 0 amide bonds. The van der Waals surface area contributed by atoms with E-state index in [4.69, 9.17) is 4.74 Å². The van der Waals surface area contributed by atoms with Crippen LogP contribution >= 0.6 is 11.8 Å². The highest BCUT2D eigenvalue weighted by molar-refractivity contribution is 7.99. The van der Waals surface area contributed by atoms with E-state index in [9.17, 15) is 5.11 Å². The summed E-state index contributed by atoms with van der Waals surface area (Å²) in [7, 11) is 0. The first-order valence-corrected chi connectivity index (χ1v) is 8.92. The minimum absolute atomic E-state index is 0.184. The van der Waals surface area contributed by atoms with Crippen LogP contribution < -0.4 is 10.1 Å². The highest BCUT2D eigenvalue weighted by Crippen LogP contribution is 2.39. The Balaban J connectivity index is 1.84. The van der Waals surface area contributed by atoms with Crippen LogP contribution in [-0.4, -0.2) is 26.0 Å². The zero-order valence-corrected chi connectivity index (χ0v) is 14.3. The Morgan fingerprint density at radius 2 is 2.04 bits per heavy atom. The van der Waals surface area contributed by atoms with E-state index in [0.29, 0.717) is 16.7 Å². The Morgan fingerprint density at radius 3 is 2.88 bits per heavy atom. The van der Waals surface area contributed by atoms with Crippen molar-refractivity contribution in [1.82, 2.24) is 15.2 Å². The number of phenolic OH excluding ortho intramolecular Hbond substituents is 1. The number of para-hydroxylation sites is 1. The number of benzene rings is 2. The van der Waals surface area contributed by atoms with Gasteiger partial charge in [-0.15, -0.1) is 10.2 Å². The monoisotopic (exact) mass is 352 g/mol. The summed E-state index contributed by atoms with van der Waals surface area (Å²) >= 11 is 1.51. The van der Waals surface area contributed by atoms with Crippen molar-refractivity contribution in [2.75, 3.05) is 11.1 Å². The van der Waals surface area contributed by atoms with Crippen molar-refractivity contribution in [3.8, 4) is 22.9 Å². The Hall–Kier alpha value is -2.80. The van der Waals surface area contributed by atoms with Crippen molar-refractivity contribution in [2.24, 2.45) is 0 Å². The average molecular weight is 352 g/mol. The van der Waals surface area contributed by atoms with Crippen LogP contribution in [0.2, 0.25) is 0 Å². The van der Waals surface area contributed by atoms with E-state index in [0.717, 1.165) is 22.6 Å². The van der Waals surface area contributed by atoms with E-state index in [2.05, 4.69) is 20.5 Å². The second-order valence-electron chi connectivity index (χ2n) is 5.46. The third-order valence-corrected chi connectivity index (χ3v) is 4.50. The number of nitrogens with zero attached hydrogens (tertiary/aromatic N) is 3. The molecule has 0 spiro atoms. The Bertz CT molecular complexity index is 919. The summed E-state index contributed by atoms with van der Waals surface area (Å²) in [5, 5.41) is 22.3. The Kier molecular flexibility index (Phi) is 4.15. The van der Waals surface area contributed by atoms with Gasteiger partial charge in [0.1, 0.15) is 5.75 Å². The molecule has 1 aliphatic rings. The smallest absolute Gasteiger partial charge is 0.247 e. The molecule has 2 N–H and O–H groups in total. The minimum Gasteiger partial charge on any atom is -0.508 e. The molecular weight excluding hydrogens is 336 g/mol. The Morgan fingerprint density at radius 1 is 1.16 bits per heavy atom. The van der Waals surface area contributed by atoms with Gasteiger partial charge in [0.2, 0.25) is 11.0 Å². The van der Waals surface area contributed by atoms with E-state index < -0.39 is 6.23 Å². The maximum Gasteiger partial charge on any atom is 0.247 e. The molecule has 6 nitrogen and oxygen atoms in total. The van der Waals surface area contributed by atoms with Gasteiger partial charge in [0.25, 0.3) is 0 Å². The fraction of sp³-hybridized carbons (Fsp3) is 0.167. The summed E-state index contributed by atoms with van der Waals surface area (Å²) in [4.78, 5) is 4.52. The molecule has 0 fully saturated rings. The molecule has 0 saturated carbocycles. The van der Waals surface area contributed by atoms with E-state index in [1.54, 1.807) is 18.2 Å². The number of rotatable bonds is 3. The lowest BCUT2D eigenvalue weighted by Gasteiger charge is -2.19. The quantitative estimate of drug-likeness (QED) is 0.693. The van der Waals surface area contributed by atoms with Crippen molar-refractivity contribution in [3.63, 3.8) is 0 Å². The van der Waals surface area contributed by atoms with Crippen LogP contribution in [0.1, 0.15) is 18.7 Å². The summed E-state index contributed by atoms with van der Waals surface area (Å²) in [6.07, 6.45) is -0.495. The topological polar surface area (TPSA) is 80.2 Å². The Labute approximate surface area is 149 Å². The molecule has 0 radical (unpaired) electrons. The highest BCUT2D eigenvalue weighted by Gasteiger charge is 2.26. The molecule has 7 heteroatoms. The van der Waals surface area contributed by atoms with Crippen molar-refractivity contribution in [3.05, 3.63) is 54.1 Å². The number of aromatic hydroxyl groups is 1. The van der Waals surface area contributed by atoms with E-state index >= 15 is 0 Å². The lowest BCUT2D eigenvalue weighted by atomic mass is 10.1. The molecule has 0 unspecified atom stereocenters. The van der Waals surface area contributed by atoms with Gasteiger partial charge in [-0.3, -0.25) is 0 Å². The normalized spacial score (nSPS) is 15.3. The van der Waals surface area contributed by atoms with Crippen LogP contribution in [0, 0.1) is 0 Å². The van der Waals surface area contributed by atoms with Crippen LogP contribution in [0.25, 0.3) is 11.3 Å². The predicted molar refractivity (Wildman–Crippen MR) is 96.8 cm³/mol. The number of nitrogens with one attached hydrogen (secondary N) is 1. The first-order valence-electron chi connectivity index (χ1n) is 7.93. The number of hydrogen-bond donors (Lipinski definition) is 2. The second-order valence-corrected chi connectivity index (χ2v) is 6.70. The third kappa shape index (κ3) is 3.10. The van der Waals surface area contributed by atoms with Crippen molar-refractivity contribution in [1.29, 1.82) is 0 Å². The first kappa shape index (κ1) is 15.7. The predicted octanol–water partition coefficient (Wildman–Crippen LogP) is 3.86. The van der Waals surface area contributed by atoms with Crippen molar-refractivity contribution >= 4 is 17.4 Å². The van der Waals surface area contributed by atoms with Crippen LogP contribution in [0.5, 0.6) is 11.6 Å². The van der Waals surface area contributed by atoms with Gasteiger partial charge in [-0.25, -0.2) is 0 Å². The van der Waals surface area contributed by atoms with Gasteiger partial charge in [-0.2, -0.15) is 4.98 Å². The number of anilines is 1. The van der Waals surface area contributed by atoms with E-state index in [-0.39, 0.29) is 5.75 Å². The molecule has 1 atom stereocenters. The largest absolute Gasteiger partial charge is 0.508 e. The molecule has 1 aliphatic heterocycles. The van der Waals surface area contributed by atoms with Gasteiger partial charge in [0, 0.05) is 16.8 Å². The fourth-order valence-corrected chi connectivity index (χ4v) is 3.18. The lowest BCUT2D eigenvalue weighted by Crippen LogP contribution is -2.17. The van der Waals surface area contributed by atoms with Gasteiger partial charge in [-0.1, -0.05) is 49.0 Å². The molecule has 126 valence electrons. The second kappa shape index (κ2) is 6.60. The summed E-state index contributed by atoms with van der Waals surface area (Å²) in [5.74, 6) is 1.46. The molecule has 3 aromatic rings. The highest BCUT2D eigenvalue weighted by atomic mass is 32.2. The zero-order valence-electron chi connectivity index (χ0n) is 13.5. The van der Waals surface area contributed by atoms with Crippen LogP contribution in [-0.2, 0) is 0 Å². The maximum atomic E-state index is 9.79. The average Bonchev–Trinajstić information content (AvgIpc) is 2.78. The number of phenols is 1. The molecule has 25 heavy (non-hydrogen) atoms. The number of hydrogen-bond acceptors (Lipinski definition) is 7. The SMILES string of the molecule is CCSc1nnc2c(n1)O[C@@H](c1cccc(O)c1)Nc1ccccc1-2. The zero-order chi connectivity index (χ0) is 17.2. The molecule has 0 bridgehead atoms. The third-order valence-electron chi connectivity index (χ3n) is 3.78. The summed E-state index contributed by atoms with van der Waals surface area (Å²) < 4.78 is 6.12. The standard InChI is InChI=1S/C18H16N4O2S/c1-2-25-18-20-17-15(21-22-18)13-8-3-4-9-14(13)19-16(24-17)11-6-5-7-12(23)10-11/h3-10,16,19,23H,2H2,1H3/t16-/m0/s1. The number of thioether (sulfide) groups is 1. The maximum absolute atomic E-state index is 9.79. The number of aromatic nitrogens is 3. The molecular formula is C18H16N4O2S. The number of ether oxygens (including phenoxy) is 1. The van der Waals surface area contributed by atoms with E-state index in [1.807, 2.05) is 37.3 Å². The number of fused-ring (bicyclic) bond motifs is 3. The molecule has 0 aliphatic carbocycles. The summed E-state index contributed by atoms with van der Waals surface area (Å²) in [6.45, 7) is 2.03. The molecule has 1 aromatic heterocycles. The first-order chi connectivity index (χ1) is 12.2. The summed E-state index contributed by atoms with van der Waals surface area (Å²) in [6, 6.07) is 14.8.